The quantitative estimate of drug-likeness (QED) is 0.798. The average molecular weight is 389 g/mol. The first-order valence-electron chi connectivity index (χ1n) is 8.37. The SMILES string of the molecule is NC(=O)[C@@H](CNC(=O)C1=Cc2cc(Cl)ccc2OC1)Cc1ccc(F)cc1. The van der Waals surface area contributed by atoms with Gasteiger partial charge in [0.05, 0.1) is 11.5 Å². The number of nitrogens with two attached hydrogens (primary N) is 1. The minimum Gasteiger partial charge on any atom is -0.488 e. The van der Waals surface area contributed by atoms with Crippen LogP contribution in [0.1, 0.15) is 11.1 Å². The Labute approximate surface area is 161 Å². The van der Waals surface area contributed by atoms with E-state index in [9.17, 15) is 14.0 Å². The number of hydrogen-bond acceptors (Lipinski definition) is 3. The molecule has 2 aromatic carbocycles. The highest BCUT2D eigenvalue weighted by atomic mass is 35.5. The molecule has 3 N–H and O–H groups in total. The molecule has 0 aliphatic carbocycles. The first-order valence-corrected chi connectivity index (χ1v) is 8.75. The molecule has 0 saturated carbocycles. The Hall–Kier alpha value is -2.86. The molecule has 7 heteroatoms. The number of carbonyl (C=O) groups is 2. The van der Waals surface area contributed by atoms with E-state index in [1.54, 1.807) is 36.4 Å². The number of halogens is 2. The van der Waals surface area contributed by atoms with Gasteiger partial charge in [-0.1, -0.05) is 23.7 Å². The van der Waals surface area contributed by atoms with E-state index < -0.39 is 11.8 Å². The average Bonchev–Trinajstić information content (AvgIpc) is 2.65. The summed E-state index contributed by atoms with van der Waals surface area (Å²) in [6.45, 7) is 0.199. The molecule has 27 heavy (non-hydrogen) atoms. The van der Waals surface area contributed by atoms with Crippen LogP contribution in [-0.4, -0.2) is 25.0 Å². The third-order valence-corrected chi connectivity index (χ3v) is 4.52. The Morgan fingerprint density at radius 2 is 1.96 bits per heavy atom. The Kier molecular flexibility index (Phi) is 5.76. The lowest BCUT2D eigenvalue weighted by Crippen LogP contribution is -2.38. The van der Waals surface area contributed by atoms with Gasteiger partial charge in [-0.3, -0.25) is 9.59 Å². The minimum absolute atomic E-state index is 0.0747. The van der Waals surface area contributed by atoms with Crippen LogP contribution in [0, 0.1) is 11.7 Å². The second-order valence-corrected chi connectivity index (χ2v) is 6.72. The molecule has 1 heterocycles. The predicted octanol–water partition coefficient (Wildman–Crippen LogP) is 2.72. The Morgan fingerprint density at radius 3 is 2.67 bits per heavy atom. The number of carbonyl (C=O) groups excluding carboxylic acids is 2. The third kappa shape index (κ3) is 4.86. The van der Waals surface area contributed by atoms with Crippen molar-refractivity contribution in [1.82, 2.24) is 5.32 Å². The van der Waals surface area contributed by atoms with Crippen LogP contribution >= 0.6 is 11.6 Å². The topological polar surface area (TPSA) is 81.4 Å². The maximum Gasteiger partial charge on any atom is 0.250 e. The summed E-state index contributed by atoms with van der Waals surface area (Å²) in [4.78, 5) is 24.1. The zero-order valence-electron chi connectivity index (χ0n) is 14.4. The number of benzene rings is 2. The van der Waals surface area contributed by atoms with Crippen molar-refractivity contribution in [1.29, 1.82) is 0 Å². The van der Waals surface area contributed by atoms with Crippen molar-refractivity contribution in [3.8, 4) is 5.75 Å². The van der Waals surface area contributed by atoms with Gasteiger partial charge < -0.3 is 15.8 Å². The van der Waals surface area contributed by atoms with Crippen LogP contribution in [0.25, 0.3) is 6.08 Å². The van der Waals surface area contributed by atoms with Crippen LogP contribution in [0.3, 0.4) is 0 Å². The monoisotopic (exact) mass is 388 g/mol. The van der Waals surface area contributed by atoms with Crippen molar-refractivity contribution >= 4 is 29.5 Å². The van der Waals surface area contributed by atoms with Gasteiger partial charge in [-0.2, -0.15) is 0 Å². The molecule has 0 radical (unpaired) electrons. The van der Waals surface area contributed by atoms with Gasteiger partial charge in [0, 0.05) is 17.1 Å². The summed E-state index contributed by atoms with van der Waals surface area (Å²) in [7, 11) is 0. The van der Waals surface area contributed by atoms with Crippen LogP contribution < -0.4 is 15.8 Å². The lowest BCUT2D eigenvalue weighted by molar-refractivity contribution is -0.122. The molecule has 2 amide bonds. The van der Waals surface area contributed by atoms with Crippen LogP contribution in [0.4, 0.5) is 4.39 Å². The van der Waals surface area contributed by atoms with E-state index in [0.717, 1.165) is 11.1 Å². The van der Waals surface area contributed by atoms with E-state index in [2.05, 4.69) is 5.32 Å². The molecular formula is C20H18ClFN2O3. The second kappa shape index (κ2) is 8.22. The van der Waals surface area contributed by atoms with Crippen LogP contribution in [-0.2, 0) is 16.0 Å². The summed E-state index contributed by atoms with van der Waals surface area (Å²) >= 11 is 5.97. The predicted molar refractivity (Wildman–Crippen MR) is 101 cm³/mol. The van der Waals surface area contributed by atoms with E-state index >= 15 is 0 Å². The van der Waals surface area contributed by atoms with Gasteiger partial charge in [-0.15, -0.1) is 0 Å². The number of rotatable bonds is 6. The zero-order valence-corrected chi connectivity index (χ0v) is 15.1. The number of ether oxygens (including phenoxy) is 1. The Bertz CT molecular complexity index is 897. The van der Waals surface area contributed by atoms with Gasteiger partial charge >= 0.3 is 0 Å². The molecule has 2 aromatic rings. The lowest BCUT2D eigenvalue weighted by atomic mass is 9.98. The molecule has 0 aromatic heterocycles. The first-order chi connectivity index (χ1) is 12.9. The molecule has 0 saturated heterocycles. The summed E-state index contributed by atoms with van der Waals surface area (Å²) < 4.78 is 18.6. The number of primary amides is 1. The summed E-state index contributed by atoms with van der Waals surface area (Å²) in [5.74, 6) is -1.18. The maximum absolute atomic E-state index is 13.0. The first kappa shape index (κ1) is 18.9. The van der Waals surface area contributed by atoms with E-state index in [1.807, 2.05) is 0 Å². The summed E-state index contributed by atoms with van der Waals surface area (Å²) in [5.41, 5.74) is 7.35. The highest BCUT2D eigenvalue weighted by molar-refractivity contribution is 6.30. The fourth-order valence-electron chi connectivity index (χ4n) is 2.79. The molecule has 1 atom stereocenters. The Balaban J connectivity index is 1.64. The lowest BCUT2D eigenvalue weighted by Gasteiger charge is -2.19. The fraction of sp³-hybridized carbons (Fsp3) is 0.200. The van der Waals surface area contributed by atoms with Crippen molar-refractivity contribution in [2.75, 3.05) is 13.2 Å². The van der Waals surface area contributed by atoms with E-state index in [4.69, 9.17) is 22.1 Å². The van der Waals surface area contributed by atoms with Crippen molar-refractivity contribution in [2.24, 2.45) is 11.7 Å². The smallest absolute Gasteiger partial charge is 0.250 e. The molecule has 0 bridgehead atoms. The molecule has 5 nitrogen and oxygen atoms in total. The van der Waals surface area contributed by atoms with Crippen LogP contribution in [0.15, 0.2) is 48.0 Å². The van der Waals surface area contributed by atoms with Crippen molar-refractivity contribution < 1.29 is 18.7 Å². The standard InChI is InChI=1S/C20H18ClFN2O3/c21-16-3-6-18-13(9-16)8-15(11-27-18)20(26)24-10-14(19(23)25)7-12-1-4-17(22)5-2-12/h1-6,8-9,14H,7,10-11H2,(H2,23,25)(H,24,26)/t14-/m1/s1. The van der Waals surface area contributed by atoms with Gasteiger partial charge in [0.1, 0.15) is 18.2 Å². The molecule has 0 unspecified atom stereocenters. The van der Waals surface area contributed by atoms with Gasteiger partial charge in [0.2, 0.25) is 5.91 Å². The minimum atomic E-state index is -0.605. The normalized spacial score (nSPS) is 13.8. The van der Waals surface area contributed by atoms with Crippen LogP contribution in [0.5, 0.6) is 5.75 Å². The highest BCUT2D eigenvalue weighted by Crippen LogP contribution is 2.29. The molecule has 0 fully saturated rings. The second-order valence-electron chi connectivity index (χ2n) is 6.28. The zero-order chi connectivity index (χ0) is 19.4. The van der Waals surface area contributed by atoms with E-state index in [0.29, 0.717) is 22.8 Å². The number of nitrogens with one attached hydrogen (secondary N) is 1. The molecular weight excluding hydrogens is 371 g/mol. The summed E-state index contributed by atoms with van der Waals surface area (Å²) in [6, 6.07) is 11.0. The highest BCUT2D eigenvalue weighted by Gasteiger charge is 2.21. The Morgan fingerprint density at radius 1 is 1.22 bits per heavy atom. The van der Waals surface area contributed by atoms with Gasteiger partial charge in [-0.25, -0.2) is 4.39 Å². The molecule has 1 aliphatic rings. The van der Waals surface area contributed by atoms with Crippen molar-refractivity contribution in [3.63, 3.8) is 0 Å². The number of amides is 2. The van der Waals surface area contributed by atoms with Gasteiger partial charge in [-0.05, 0) is 48.4 Å². The fourth-order valence-corrected chi connectivity index (χ4v) is 2.97. The molecule has 0 spiro atoms. The summed E-state index contributed by atoms with van der Waals surface area (Å²) in [5, 5.41) is 3.26. The maximum atomic E-state index is 13.0. The third-order valence-electron chi connectivity index (χ3n) is 4.28. The van der Waals surface area contributed by atoms with E-state index in [1.165, 1.54) is 12.1 Å². The van der Waals surface area contributed by atoms with Gasteiger partial charge in [0.25, 0.3) is 5.91 Å². The largest absolute Gasteiger partial charge is 0.488 e. The summed E-state index contributed by atoms with van der Waals surface area (Å²) in [6.07, 6.45) is 2.02. The van der Waals surface area contributed by atoms with Crippen LogP contribution in [0.2, 0.25) is 5.02 Å². The molecule has 140 valence electrons. The van der Waals surface area contributed by atoms with Crippen molar-refractivity contribution in [3.05, 3.63) is 70.0 Å². The number of hydrogen-bond donors (Lipinski definition) is 2. The number of fused-ring (bicyclic) bond motifs is 1. The molecule has 3 rings (SSSR count). The van der Waals surface area contributed by atoms with Gasteiger partial charge in [0.15, 0.2) is 0 Å². The van der Waals surface area contributed by atoms with E-state index in [-0.39, 0.29) is 24.9 Å². The van der Waals surface area contributed by atoms with Crippen molar-refractivity contribution in [2.45, 2.75) is 6.42 Å². The molecule has 1 aliphatic heterocycles.